The Hall–Kier alpha value is -1.37. The molecule has 0 amide bonds. The maximum Gasteiger partial charge on any atom is 0.240 e. The van der Waals surface area contributed by atoms with Crippen LogP contribution in [0, 0.1) is 6.92 Å². The Kier molecular flexibility index (Phi) is 5.81. The minimum Gasteiger partial charge on any atom is -0.381 e. The summed E-state index contributed by atoms with van der Waals surface area (Å²) in [5.74, 6) is 0. The molecule has 0 spiro atoms. The molecule has 6 heteroatoms. The normalized spacial score (nSPS) is 21.0. The maximum atomic E-state index is 12.7. The van der Waals surface area contributed by atoms with Crippen LogP contribution in [-0.4, -0.2) is 20.5 Å². The van der Waals surface area contributed by atoms with Gasteiger partial charge in [-0.1, -0.05) is 46.5 Å². The van der Waals surface area contributed by atoms with Gasteiger partial charge in [-0.2, -0.15) is 0 Å². The molecule has 0 radical (unpaired) electrons. The summed E-state index contributed by atoms with van der Waals surface area (Å²) in [5.41, 5.74) is 2.06. The Bertz CT molecular complexity index is 804. The summed E-state index contributed by atoms with van der Waals surface area (Å²) in [4.78, 5) is 0.325. The lowest BCUT2D eigenvalue weighted by Gasteiger charge is -2.33. The first kappa shape index (κ1) is 18.4. The number of halogens is 1. The molecule has 1 saturated carbocycles. The third kappa shape index (κ3) is 4.84. The third-order valence-corrected chi connectivity index (χ3v) is 6.63. The lowest BCUT2D eigenvalue weighted by atomic mass is 9.91. The second-order valence-electron chi connectivity index (χ2n) is 6.58. The highest BCUT2D eigenvalue weighted by Gasteiger charge is 2.29. The van der Waals surface area contributed by atoms with Crippen LogP contribution in [0.25, 0.3) is 0 Å². The van der Waals surface area contributed by atoms with Crippen LogP contribution in [0.5, 0.6) is 0 Å². The van der Waals surface area contributed by atoms with Gasteiger partial charge < -0.3 is 5.32 Å². The van der Waals surface area contributed by atoms with E-state index in [1.807, 2.05) is 43.3 Å². The highest BCUT2D eigenvalue weighted by molar-refractivity contribution is 9.10. The van der Waals surface area contributed by atoms with Gasteiger partial charge in [0.15, 0.2) is 0 Å². The standard InChI is InChI=1S/C19H23BrN2O2S/c1-14-6-12-17(13-7-14)25(23,24)22-19-5-3-2-4-18(19)21-16-10-8-15(20)9-11-16/h6-13,18-19,21-22H,2-5H2,1H3. The monoisotopic (exact) mass is 422 g/mol. The molecule has 0 aliphatic heterocycles. The van der Waals surface area contributed by atoms with Crippen molar-refractivity contribution in [1.82, 2.24) is 4.72 Å². The first-order valence-corrected chi connectivity index (χ1v) is 10.8. The predicted molar refractivity (Wildman–Crippen MR) is 105 cm³/mol. The lowest BCUT2D eigenvalue weighted by molar-refractivity contribution is 0.378. The van der Waals surface area contributed by atoms with Crippen LogP contribution in [0.4, 0.5) is 5.69 Å². The van der Waals surface area contributed by atoms with Gasteiger partial charge in [0.05, 0.1) is 4.90 Å². The van der Waals surface area contributed by atoms with Crippen LogP contribution in [0.1, 0.15) is 31.2 Å². The number of nitrogens with one attached hydrogen (secondary N) is 2. The summed E-state index contributed by atoms with van der Waals surface area (Å²) >= 11 is 3.43. The fourth-order valence-electron chi connectivity index (χ4n) is 3.19. The molecule has 2 N–H and O–H groups in total. The minimum atomic E-state index is -3.51. The van der Waals surface area contributed by atoms with Crippen molar-refractivity contribution in [3.05, 3.63) is 58.6 Å². The molecule has 25 heavy (non-hydrogen) atoms. The van der Waals surface area contributed by atoms with Crippen molar-refractivity contribution in [2.45, 2.75) is 49.6 Å². The molecule has 2 aromatic carbocycles. The third-order valence-electron chi connectivity index (χ3n) is 4.60. The molecular formula is C19H23BrN2O2S. The van der Waals surface area contributed by atoms with Gasteiger partial charge in [0, 0.05) is 22.2 Å². The lowest BCUT2D eigenvalue weighted by Crippen LogP contribution is -2.48. The zero-order valence-electron chi connectivity index (χ0n) is 14.2. The van der Waals surface area contributed by atoms with E-state index in [1.54, 1.807) is 12.1 Å². The van der Waals surface area contributed by atoms with Gasteiger partial charge in [-0.3, -0.25) is 0 Å². The number of hydrogen-bond donors (Lipinski definition) is 2. The van der Waals surface area contributed by atoms with Crippen molar-refractivity contribution in [2.75, 3.05) is 5.32 Å². The second-order valence-corrected chi connectivity index (χ2v) is 9.21. The summed E-state index contributed by atoms with van der Waals surface area (Å²) < 4.78 is 29.4. The van der Waals surface area contributed by atoms with Crippen LogP contribution in [0.15, 0.2) is 57.9 Å². The van der Waals surface area contributed by atoms with E-state index >= 15 is 0 Å². The molecule has 0 saturated heterocycles. The highest BCUT2D eigenvalue weighted by Crippen LogP contribution is 2.25. The van der Waals surface area contributed by atoms with Crippen LogP contribution in [0.3, 0.4) is 0 Å². The smallest absolute Gasteiger partial charge is 0.240 e. The van der Waals surface area contributed by atoms with Gasteiger partial charge in [-0.25, -0.2) is 13.1 Å². The summed E-state index contributed by atoms with van der Waals surface area (Å²) in [7, 11) is -3.51. The Labute approximate surface area is 158 Å². The van der Waals surface area contributed by atoms with Crippen molar-refractivity contribution < 1.29 is 8.42 Å². The van der Waals surface area contributed by atoms with E-state index in [2.05, 4.69) is 26.0 Å². The van der Waals surface area contributed by atoms with Gasteiger partial charge in [-0.15, -0.1) is 0 Å². The molecule has 4 nitrogen and oxygen atoms in total. The van der Waals surface area contributed by atoms with E-state index in [0.29, 0.717) is 4.90 Å². The van der Waals surface area contributed by atoms with Gasteiger partial charge in [-0.05, 0) is 56.2 Å². The molecule has 0 bridgehead atoms. The first-order chi connectivity index (χ1) is 11.9. The Morgan fingerprint density at radius 3 is 2.16 bits per heavy atom. The molecule has 1 aliphatic carbocycles. The van der Waals surface area contributed by atoms with Crippen LogP contribution in [-0.2, 0) is 10.0 Å². The molecular weight excluding hydrogens is 400 g/mol. The van der Waals surface area contributed by atoms with Crippen molar-refractivity contribution in [3.8, 4) is 0 Å². The van der Waals surface area contributed by atoms with E-state index in [4.69, 9.17) is 0 Å². The SMILES string of the molecule is Cc1ccc(S(=O)(=O)NC2CCCCC2Nc2ccc(Br)cc2)cc1. The Balaban J connectivity index is 1.74. The van der Waals surface area contributed by atoms with Crippen molar-refractivity contribution in [3.63, 3.8) is 0 Å². The predicted octanol–water partition coefficient (Wildman–Crippen LogP) is 4.46. The minimum absolute atomic E-state index is 0.0927. The summed E-state index contributed by atoms with van der Waals surface area (Å²) in [6, 6.07) is 14.9. The molecule has 2 aromatic rings. The fourth-order valence-corrected chi connectivity index (χ4v) is 4.77. The van der Waals surface area contributed by atoms with Gasteiger partial charge in [0.1, 0.15) is 0 Å². The summed E-state index contributed by atoms with van der Waals surface area (Å²) in [6.45, 7) is 1.95. The number of hydrogen-bond acceptors (Lipinski definition) is 3. The van der Waals surface area contributed by atoms with Crippen molar-refractivity contribution >= 4 is 31.6 Å². The maximum absolute atomic E-state index is 12.7. The molecule has 2 atom stereocenters. The van der Waals surface area contributed by atoms with Crippen LogP contribution in [0.2, 0.25) is 0 Å². The average Bonchev–Trinajstić information content (AvgIpc) is 2.59. The van der Waals surface area contributed by atoms with Gasteiger partial charge in [0.25, 0.3) is 0 Å². The van der Waals surface area contributed by atoms with E-state index in [9.17, 15) is 8.42 Å². The number of sulfonamides is 1. The average molecular weight is 423 g/mol. The van der Waals surface area contributed by atoms with E-state index in [1.165, 1.54) is 0 Å². The first-order valence-electron chi connectivity index (χ1n) is 8.55. The number of rotatable bonds is 5. The molecule has 0 heterocycles. The fraction of sp³-hybridized carbons (Fsp3) is 0.368. The van der Waals surface area contributed by atoms with Crippen LogP contribution < -0.4 is 10.0 Å². The zero-order chi connectivity index (χ0) is 17.9. The molecule has 1 fully saturated rings. The molecule has 1 aliphatic rings. The zero-order valence-corrected chi connectivity index (χ0v) is 16.6. The highest BCUT2D eigenvalue weighted by atomic mass is 79.9. The van der Waals surface area contributed by atoms with Crippen LogP contribution >= 0.6 is 15.9 Å². The van der Waals surface area contributed by atoms with E-state index in [0.717, 1.165) is 41.4 Å². The second kappa shape index (κ2) is 7.89. The van der Waals surface area contributed by atoms with Gasteiger partial charge >= 0.3 is 0 Å². The Morgan fingerprint density at radius 1 is 0.920 bits per heavy atom. The van der Waals surface area contributed by atoms with Gasteiger partial charge in [0.2, 0.25) is 10.0 Å². The Morgan fingerprint density at radius 2 is 1.52 bits per heavy atom. The number of aryl methyl sites for hydroxylation is 1. The molecule has 0 aromatic heterocycles. The van der Waals surface area contributed by atoms with E-state index in [-0.39, 0.29) is 12.1 Å². The topological polar surface area (TPSA) is 58.2 Å². The summed E-state index contributed by atoms with van der Waals surface area (Å²) in [5, 5.41) is 3.49. The molecule has 3 rings (SSSR count). The van der Waals surface area contributed by atoms with E-state index < -0.39 is 10.0 Å². The molecule has 2 unspecified atom stereocenters. The quantitative estimate of drug-likeness (QED) is 0.747. The van der Waals surface area contributed by atoms with Crippen molar-refractivity contribution in [2.24, 2.45) is 0 Å². The number of anilines is 1. The van der Waals surface area contributed by atoms with Crippen molar-refractivity contribution in [1.29, 1.82) is 0 Å². The molecule has 134 valence electrons. The largest absolute Gasteiger partial charge is 0.381 e. The summed E-state index contributed by atoms with van der Waals surface area (Å²) in [6.07, 6.45) is 3.95. The number of benzene rings is 2.